The summed E-state index contributed by atoms with van der Waals surface area (Å²) in [6, 6.07) is 13.9. The topological polar surface area (TPSA) is 49.4 Å². The highest BCUT2D eigenvalue weighted by molar-refractivity contribution is 6.33. The number of benzene rings is 2. The van der Waals surface area contributed by atoms with E-state index in [2.05, 4.69) is 5.32 Å². The van der Waals surface area contributed by atoms with Crippen molar-refractivity contribution in [3.05, 3.63) is 64.7 Å². The maximum atomic E-state index is 12.3. The molecular formula is C16H12Cl2N2O2. The lowest BCUT2D eigenvalue weighted by Crippen LogP contribution is -2.37. The van der Waals surface area contributed by atoms with E-state index in [1.54, 1.807) is 42.5 Å². The molecule has 2 aromatic rings. The van der Waals surface area contributed by atoms with Gasteiger partial charge in [0.05, 0.1) is 28.4 Å². The highest BCUT2D eigenvalue weighted by Crippen LogP contribution is 2.25. The lowest BCUT2D eigenvalue weighted by molar-refractivity contribution is 0.0656. The Morgan fingerprint density at radius 2 is 1.50 bits per heavy atom. The molecule has 1 aliphatic rings. The van der Waals surface area contributed by atoms with E-state index in [1.165, 1.54) is 0 Å². The number of amides is 2. The fraction of sp³-hybridized carbons (Fsp3) is 0.125. The molecule has 1 aliphatic heterocycles. The molecule has 0 radical (unpaired) electrons. The first kappa shape index (κ1) is 14.9. The Bertz CT molecular complexity index is 713. The zero-order valence-electron chi connectivity index (χ0n) is 11.4. The Hall–Kier alpha value is -2.04. The van der Waals surface area contributed by atoms with Crippen LogP contribution in [-0.2, 0) is 0 Å². The van der Waals surface area contributed by atoms with Gasteiger partial charge in [-0.1, -0.05) is 47.5 Å². The van der Waals surface area contributed by atoms with Crippen LogP contribution < -0.4 is 5.32 Å². The predicted octanol–water partition coefficient (Wildman–Crippen LogP) is 3.61. The standard InChI is InChI=1S/C16H12Cl2N2O2/c17-12-7-3-4-8-13(12)19-14(18)9-20-15(21)10-5-1-2-6-11(10)16(20)22/h1-8,14,19H,9H2. The summed E-state index contributed by atoms with van der Waals surface area (Å²) >= 11 is 12.3. The fourth-order valence-corrected chi connectivity index (χ4v) is 2.80. The third-order valence-corrected chi connectivity index (χ3v) is 3.98. The first-order valence-electron chi connectivity index (χ1n) is 6.68. The maximum absolute atomic E-state index is 12.3. The Kier molecular flexibility index (Phi) is 4.05. The SMILES string of the molecule is O=C1c2ccccc2C(=O)N1CC(Cl)Nc1ccccc1Cl. The van der Waals surface area contributed by atoms with Gasteiger partial charge < -0.3 is 5.32 Å². The summed E-state index contributed by atoms with van der Waals surface area (Å²) in [6.07, 6.45) is 0. The molecule has 1 N–H and O–H groups in total. The van der Waals surface area contributed by atoms with Crippen molar-refractivity contribution in [2.75, 3.05) is 11.9 Å². The number of hydrogen-bond donors (Lipinski definition) is 1. The summed E-state index contributed by atoms with van der Waals surface area (Å²) < 4.78 is 0. The van der Waals surface area contributed by atoms with Crippen molar-refractivity contribution < 1.29 is 9.59 Å². The molecule has 112 valence electrons. The van der Waals surface area contributed by atoms with Gasteiger partial charge in [0.1, 0.15) is 5.50 Å². The molecule has 22 heavy (non-hydrogen) atoms. The number of carbonyl (C=O) groups is 2. The molecule has 0 aromatic heterocycles. The van der Waals surface area contributed by atoms with Crippen LogP contribution in [0.25, 0.3) is 0 Å². The van der Waals surface area contributed by atoms with Crippen molar-refractivity contribution in [2.24, 2.45) is 0 Å². The number of alkyl halides is 1. The van der Waals surface area contributed by atoms with Crippen LogP contribution in [0.15, 0.2) is 48.5 Å². The number of para-hydroxylation sites is 1. The predicted molar refractivity (Wildman–Crippen MR) is 86.5 cm³/mol. The van der Waals surface area contributed by atoms with Crippen molar-refractivity contribution in [3.63, 3.8) is 0 Å². The van der Waals surface area contributed by atoms with Gasteiger partial charge >= 0.3 is 0 Å². The summed E-state index contributed by atoms with van der Waals surface area (Å²) in [5.41, 5.74) is 0.839. The van der Waals surface area contributed by atoms with E-state index in [0.717, 1.165) is 4.90 Å². The molecule has 4 nitrogen and oxygen atoms in total. The van der Waals surface area contributed by atoms with Crippen molar-refractivity contribution in [1.29, 1.82) is 0 Å². The molecule has 0 aliphatic carbocycles. The van der Waals surface area contributed by atoms with Gasteiger partial charge in [-0.3, -0.25) is 14.5 Å². The normalized spacial score (nSPS) is 14.9. The number of hydrogen-bond acceptors (Lipinski definition) is 3. The average molecular weight is 335 g/mol. The molecule has 1 heterocycles. The highest BCUT2D eigenvalue weighted by Gasteiger charge is 2.36. The molecule has 0 bridgehead atoms. The Morgan fingerprint density at radius 1 is 0.955 bits per heavy atom. The van der Waals surface area contributed by atoms with Crippen molar-refractivity contribution >= 4 is 40.7 Å². The molecule has 0 saturated heterocycles. The van der Waals surface area contributed by atoms with E-state index in [4.69, 9.17) is 23.2 Å². The maximum Gasteiger partial charge on any atom is 0.261 e. The third kappa shape index (κ3) is 2.67. The molecule has 3 rings (SSSR count). The van der Waals surface area contributed by atoms with Crippen LogP contribution in [-0.4, -0.2) is 28.8 Å². The Labute approximate surface area is 137 Å². The van der Waals surface area contributed by atoms with Crippen molar-refractivity contribution in [3.8, 4) is 0 Å². The van der Waals surface area contributed by atoms with Crippen LogP contribution >= 0.6 is 23.2 Å². The minimum atomic E-state index is -0.637. The molecule has 1 unspecified atom stereocenters. The van der Waals surface area contributed by atoms with Gasteiger partial charge in [-0.05, 0) is 24.3 Å². The van der Waals surface area contributed by atoms with Gasteiger partial charge in [0, 0.05) is 0 Å². The first-order valence-corrected chi connectivity index (χ1v) is 7.49. The quantitative estimate of drug-likeness (QED) is 0.527. The summed E-state index contributed by atoms with van der Waals surface area (Å²) in [4.78, 5) is 25.7. The minimum Gasteiger partial charge on any atom is -0.367 e. The van der Waals surface area contributed by atoms with Gasteiger partial charge in [0.15, 0.2) is 0 Å². The van der Waals surface area contributed by atoms with E-state index in [-0.39, 0.29) is 18.4 Å². The highest BCUT2D eigenvalue weighted by atomic mass is 35.5. The molecule has 2 aromatic carbocycles. The van der Waals surface area contributed by atoms with Gasteiger partial charge in [-0.25, -0.2) is 0 Å². The summed E-state index contributed by atoms with van der Waals surface area (Å²) in [7, 11) is 0. The van der Waals surface area contributed by atoms with Gasteiger partial charge in [0.25, 0.3) is 11.8 Å². The van der Waals surface area contributed by atoms with Crippen LogP contribution in [0, 0.1) is 0 Å². The minimum absolute atomic E-state index is 0.0547. The van der Waals surface area contributed by atoms with E-state index in [0.29, 0.717) is 21.8 Å². The number of nitrogens with one attached hydrogen (secondary N) is 1. The number of fused-ring (bicyclic) bond motifs is 1. The molecular weight excluding hydrogens is 323 g/mol. The molecule has 0 fully saturated rings. The number of carbonyl (C=O) groups excluding carboxylic acids is 2. The molecule has 0 saturated carbocycles. The van der Waals surface area contributed by atoms with E-state index < -0.39 is 5.50 Å². The van der Waals surface area contributed by atoms with E-state index in [1.807, 2.05) is 6.07 Å². The zero-order chi connectivity index (χ0) is 15.7. The number of imide groups is 1. The third-order valence-electron chi connectivity index (χ3n) is 3.41. The lowest BCUT2D eigenvalue weighted by Gasteiger charge is -2.20. The Balaban J connectivity index is 1.73. The van der Waals surface area contributed by atoms with Crippen LogP contribution in [0.4, 0.5) is 5.69 Å². The van der Waals surface area contributed by atoms with Crippen LogP contribution in [0.1, 0.15) is 20.7 Å². The molecule has 0 spiro atoms. The first-order chi connectivity index (χ1) is 10.6. The number of halogens is 2. The monoisotopic (exact) mass is 334 g/mol. The molecule has 2 amide bonds. The zero-order valence-corrected chi connectivity index (χ0v) is 12.9. The Morgan fingerprint density at radius 3 is 2.09 bits per heavy atom. The average Bonchev–Trinajstić information content (AvgIpc) is 2.75. The number of anilines is 1. The van der Waals surface area contributed by atoms with Crippen molar-refractivity contribution in [1.82, 2.24) is 4.90 Å². The van der Waals surface area contributed by atoms with Crippen molar-refractivity contribution in [2.45, 2.75) is 5.50 Å². The van der Waals surface area contributed by atoms with Crippen LogP contribution in [0.5, 0.6) is 0 Å². The second-order valence-electron chi connectivity index (χ2n) is 4.86. The van der Waals surface area contributed by atoms with E-state index in [9.17, 15) is 9.59 Å². The van der Waals surface area contributed by atoms with Crippen LogP contribution in [0.3, 0.4) is 0 Å². The number of rotatable bonds is 4. The smallest absolute Gasteiger partial charge is 0.261 e. The fourth-order valence-electron chi connectivity index (χ4n) is 2.36. The summed E-state index contributed by atoms with van der Waals surface area (Å²) in [6.45, 7) is 0.0547. The largest absolute Gasteiger partial charge is 0.367 e. The lowest BCUT2D eigenvalue weighted by atomic mass is 10.1. The second kappa shape index (κ2) is 5.99. The van der Waals surface area contributed by atoms with Gasteiger partial charge in [0.2, 0.25) is 0 Å². The van der Waals surface area contributed by atoms with E-state index >= 15 is 0 Å². The van der Waals surface area contributed by atoms with Crippen LogP contribution in [0.2, 0.25) is 5.02 Å². The molecule has 1 atom stereocenters. The van der Waals surface area contributed by atoms with Gasteiger partial charge in [-0.2, -0.15) is 0 Å². The summed E-state index contributed by atoms with van der Waals surface area (Å²) in [5.74, 6) is -0.653. The van der Waals surface area contributed by atoms with Gasteiger partial charge in [-0.15, -0.1) is 0 Å². The molecule has 6 heteroatoms. The number of nitrogens with zero attached hydrogens (tertiary/aromatic N) is 1. The summed E-state index contributed by atoms with van der Waals surface area (Å²) in [5, 5.41) is 3.52. The second-order valence-corrected chi connectivity index (χ2v) is 5.79.